The highest BCUT2D eigenvalue weighted by Gasteiger charge is 2.22. The molecule has 0 saturated carbocycles. The van der Waals surface area contributed by atoms with Gasteiger partial charge in [-0.1, -0.05) is 12.1 Å². The Bertz CT molecular complexity index is 1710. The molecule has 4 aromatic carbocycles. The van der Waals surface area contributed by atoms with Crippen LogP contribution in [0.5, 0.6) is 11.5 Å². The summed E-state index contributed by atoms with van der Waals surface area (Å²) in [6.07, 6.45) is 0. The number of hydrogen-bond acceptors (Lipinski definition) is 8. The Labute approximate surface area is 232 Å². The topological polar surface area (TPSA) is 207 Å². The van der Waals surface area contributed by atoms with Crippen LogP contribution < -0.4 is 10.6 Å². The van der Waals surface area contributed by atoms with Crippen LogP contribution in [0.4, 0.5) is 11.4 Å². The van der Waals surface area contributed by atoms with Gasteiger partial charge >= 0.3 is 11.9 Å². The van der Waals surface area contributed by atoms with Crippen LogP contribution >= 0.6 is 0 Å². The van der Waals surface area contributed by atoms with Crippen molar-refractivity contribution >= 4 is 45.0 Å². The van der Waals surface area contributed by atoms with E-state index in [-0.39, 0.29) is 43.8 Å². The first-order valence-electron chi connectivity index (χ1n) is 11.6. The van der Waals surface area contributed by atoms with Gasteiger partial charge in [0.15, 0.2) is 0 Å². The Hall–Kier alpha value is -5.69. The highest BCUT2D eigenvalue weighted by Crippen LogP contribution is 2.27. The summed E-state index contributed by atoms with van der Waals surface area (Å²) in [5.74, 6) is -5.29. The normalized spacial score (nSPS) is 10.9. The number of sulfone groups is 1. The third-order valence-corrected chi connectivity index (χ3v) is 7.51. The number of carbonyl (C=O) groups is 4. The number of hydrogen-bond donors (Lipinski definition) is 6. The number of carboxylic acids is 2. The average molecular weight is 577 g/mol. The molecule has 0 radical (unpaired) electrons. The molecule has 6 N–H and O–H groups in total. The molecule has 0 atom stereocenters. The summed E-state index contributed by atoms with van der Waals surface area (Å²) in [6.45, 7) is 0. The van der Waals surface area contributed by atoms with Crippen LogP contribution in [-0.4, -0.2) is 52.6 Å². The molecule has 0 aromatic heterocycles. The van der Waals surface area contributed by atoms with Gasteiger partial charge in [0.05, 0.1) is 32.0 Å². The standard InChI is InChI=1S/C28H20N2O10S/c31-17-7-9-21(23(13-17)27(35)36)25(33)29-15-3-1-5-19(11-15)41(39,40)20-6-2-4-16(12-20)30-26(34)22-10-8-18(32)14-24(22)28(37)38/h1-14,31-32H,(H,29,33)(H,30,34)(H,35,36)(H,37,38). The lowest BCUT2D eigenvalue weighted by molar-refractivity contribution is 0.0683. The zero-order chi connectivity index (χ0) is 29.9. The van der Waals surface area contributed by atoms with E-state index in [1.54, 1.807) is 0 Å². The van der Waals surface area contributed by atoms with E-state index < -0.39 is 44.7 Å². The van der Waals surface area contributed by atoms with E-state index in [4.69, 9.17) is 0 Å². The number of carbonyl (C=O) groups excluding carboxylic acids is 2. The van der Waals surface area contributed by atoms with E-state index in [2.05, 4.69) is 10.6 Å². The Balaban J connectivity index is 1.59. The minimum absolute atomic E-state index is 0.0403. The lowest BCUT2D eigenvalue weighted by atomic mass is 10.1. The first-order valence-corrected chi connectivity index (χ1v) is 13.1. The predicted molar refractivity (Wildman–Crippen MR) is 144 cm³/mol. The second-order valence-corrected chi connectivity index (χ2v) is 10.5. The van der Waals surface area contributed by atoms with Crippen molar-refractivity contribution in [2.45, 2.75) is 9.79 Å². The maximum absolute atomic E-state index is 13.4. The van der Waals surface area contributed by atoms with Gasteiger partial charge in [-0.2, -0.15) is 0 Å². The summed E-state index contributed by atoms with van der Waals surface area (Å²) in [5, 5.41) is 42.6. The van der Waals surface area contributed by atoms with Gasteiger partial charge in [0.1, 0.15) is 11.5 Å². The van der Waals surface area contributed by atoms with Crippen LogP contribution in [0.25, 0.3) is 0 Å². The lowest BCUT2D eigenvalue weighted by Gasteiger charge is -2.12. The number of benzene rings is 4. The fourth-order valence-corrected chi connectivity index (χ4v) is 5.18. The van der Waals surface area contributed by atoms with Crippen LogP contribution in [0.2, 0.25) is 0 Å². The summed E-state index contributed by atoms with van der Waals surface area (Å²) in [6, 6.07) is 16.7. The third-order valence-electron chi connectivity index (χ3n) is 5.76. The molecule has 0 bridgehead atoms. The van der Waals surface area contributed by atoms with Gasteiger partial charge in [-0.25, -0.2) is 18.0 Å². The fourth-order valence-electron chi connectivity index (χ4n) is 3.83. The molecule has 208 valence electrons. The molecule has 0 aliphatic carbocycles. The van der Waals surface area contributed by atoms with Crippen LogP contribution in [0.15, 0.2) is 94.7 Å². The number of carboxylic acid groups (broad SMARTS) is 2. The molecule has 2 amide bonds. The van der Waals surface area contributed by atoms with Crippen molar-refractivity contribution in [3.05, 3.63) is 107 Å². The number of phenols is 2. The zero-order valence-electron chi connectivity index (χ0n) is 20.7. The molecule has 0 aliphatic rings. The van der Waals surface area contributed by atoms with E-state index >= 15 is 0 Å². The van der Waals surface area contributed by atoms with Gasteiger partial charge in [0, 0.05) is 11.4 Å². The maximum atomic E-state index is 13.4. The van der Waals surface area contributed by atoms with Gasteiger partial charge in [0.25, 0.3) is 11.8 Å². The first-order chi connectivity index (χ1) is 19.4. The van der Waals surface area contributed by atoms with Crippen LogP contribution in [-0.2, 0) is 9.84 Å². The van der Waals surface area contributed by atoms with Crippen molar-refractivity contribution < 1.29 is 48.0 Å². The second kappa shape index (κ2) is 11.2. The van der Waals surface area contributed by atoms with E-state index in [9.17, 15) is 48.0 Å². The van der Waals surface area contributed by atoms with E-state index in [0.717, 1.165) is 48.5 Å². The Kier molecular flexibility index (Phi) is 7.73. The lowest BCUT2D eigenvalue weighted by Crippen LogP contribution is -2.17. The van der Waals surface area contributed by atoms with Crippen molar-refractivity contribution in [2.75, 3.05) is 10.6 Å². The number of amides is 2. The molecule has 4 aromatic rings. The predicted octanol–water partition coefficient (Wildman–Crippen LogP) is 3.83. The quantitative estimate of drug-likeness (QED) is 0.179. The Morgan fingerprint density at radius 3 is 1.29 bits per heavy atom. The SMILES string of the molecule is O=C(O)c1cc(O)ccc1C(=O)Nc1cccc(S(=O)(=O)c2cccc(NC(=O)c3ccc(O)cc3C(=O)O)c2)c1. The monoisotopic (exact) mass is 576 g/mol. The van der Waals surface area contributed by atoms with Gasteiger partial charge in [0.2, 0.25) is 9.84 Å². The summed E-state index contributed by atoms with van der Waals surface area (Å²) in [5.41, 5.74) is -1.34. The smallest absolute Gasteiger partial charge is 0.336 e. The van der Waals surface area contributed by atoms with Gasteiger partial charge < -0.3 is 31.1 Å². The molecule has 0 fully saturated rings. The largest absolute Gasteiger partial charge is 0.508 e. The highest BCUT2D eigenvalue weighted by atomic mass is 32.2. The minimum atomic E-state index is -4.20. The molecule has 0 saturated heterocycles. The van der Waals surface area contributed by atoms with Crippen molar-refractivity contribution in [2.24, 2.45) is 0 Å². The molecular formula is C28H20N2O10S. The molecule has 41 heavy (non-hydrogen) atoms. The molecule has 13 heteroatoms. The molecule has 12 nitrogen and oxygen atoms in total. The summed E-state index contributed by atoms with van der Waals surface area (Å²) in [4.78, 5) is 48.0. The number of aromatic hydroxyl groups is 2. The zero-order valence-corrected chi connectivity index (χ0v) is 21.5. The molecular weight excluding hydrogens is 556 g/mol. The fraction of sp³-hybridized carbons (Fsp3) is 0. The summed E-state index contributed by atoms with van der Waals surface area (Å²) < 4.78 is 26.8. The molecule has 4 rings (SSSR count). The minimum Gasteiger partial charge on any atom is -0.508 e. The summed E-state index contributed by atoms with van der Waals surface area (Å²) in [7, 11) is -4.20. The maximum Gasteiger partial charge on any atom is 0.336 e. The van der Waals surface area contributed by atoms with E-state index in [0.29, 0.717) is 0 Å². The Morgan fingerprint density at radius 1 is 0.537 bits per heavy atom. The molecule has 0 spiro atoms. The van der Waals surface area contributed by atoms with Crippen molar-refractivity contribution in [3.8, 4) is 11.5 Å². The molecule has 0 aliphatic heterocycles. The van der Waals surface area contributed by atoms with Crippen LogP contribution in [0.1, 0.15) is 41.4 Å². The number of rotatable bonds is 8. The number of phenolic OH excluding ortho intramolecular Hbond substituents is 2. The van der Waals surface area contributed by atoms with Crippen molar-refractivity contribution in [3.63, 3.8) is 0 Å². The van der Waals surface area contributed by atoms with Crippen molar-refractivity contribution in [1.82, 2.24) is 0 Å². The van der Waals surface area contributed by atoms with Crippen molar-refractivity contribution in [1.29, 1.82) is 0 Å². The van der Waals surface area contributed by atoms with Gasteiger partial charge in [-0.3, -0.25) is 9.59 Å². The number of nitrogens with one attached hydrogen (secondary N) is 2. The highest BCUT2D eigenvalue weighted by molar-refractivity contribution is 7.91. The number of aromatic carboxylic acids is 2. The van der Waals surface area contributed by atoms with E-state index in [1.807, 2.05) is 0 Å². The second-order valence-electron chi connectivity index (χ2n) is 8.54. The van der Waals surface area contributed by atoms with Gasteiger partial charge in [-0.05, 0) is 72.8 Å². The Morgan fingerprint density at radius 2 is 0.927 bits per heavy atom. The average Bonchev–Trinajstić information content (AvgIpc) is 2.93. The van der Waals surface area contributed by atoms with E-state index in [1.165, 1.54) is 36.4 Å². The first kappa shape index (κ1) is 28.3. The third kappa shape index (κ3) is 6.15. The van der Waals surface area contributed by atoms with Crippen LogP contribution in [0.3, 0.4) is 0 Å². The van der Waals surface area contributed by atoms with Crippen LogP contribution in [0, 0.1) is 0 Å². The summed E-state index contributed by atoms with van der Waals surface area (Å²) >= 11 is 0. The molecule has 0 heterocycles. The van der Waals surface area contributed by atoms with Gasteiger partial charge in [-0.15, -0.1) is 0 Å². The number of anilines is 2. The molecule has 0 unspecified atom stereocenters.